The zero-order valence-corrected chi connectivity index (χ0v) is 14.5. The Hall–Kier alpha value is -0.730. The zero-order chi connectivity index (χ0) is 15.4. The van der Waals surface area contributed by atoms with Crippen LogP contribution in [0.2, 0.25) is 0 Å². The third-order valence-electron chi connectivity index (χ3n) is 3.79. The highest BCUT2D eigenvalue weighted by atomic mass is 127. The molecule has 1 aliphatic heterocycles. The maximum absolute atomic E-state index is 13.4. The molecule has 1 aliphatic rings. The Morgan fingerprint density at radius 3 is 2.90 bits per heavy atom. The Morgan fingerprint density at radius 1 is 1.48 bits per heavy atom. The fourth-order valence-electron chi connectivity index (χ4n) is 2.55. The van der Waals surface area contributed by atoms with Gasteiger partial charge in [-0.3, -0.25) is 9.69 Å². The number of piperazine rings is 1. The van der Waals surface area contributed by atoms with Crippen LogP contribution in [0.1, 0.15) is 17.3 Å². The van der Waals surface area contributed by atoms with Gasteiger partial charge in [0.1, 0.15) is 5.82 Å². The van der Waals surface area contributed by atoms with Crippen molar-refractivity contribution in [1.29, 1.82) is 0 Å². The number of halogens is 2. The normalized spacial score (nSPS) is 19.8. The molecule has 1 heterocycles. The number of carbonyl (C=O) groups is 1. The summed E-state index contributed by atoms with van der Waals surface area (Å²) in [5.41, 5.74) is 0.452. The van der Waals surface area contributed by atoms with Crippen molar-refractivity contribution in [3.8, 4) is 0 Å². The summed E-state index contributed by atoms with van der Waals surface area (Å²) in [6, 6.07) is 4.63. The zero-order valence-electron chi connectivity index (χ0n) is 12.3. The molecule has 2 rings (SSSR count). The summed E-state index contributed by atoms with van der Waals surface area (Å²) in [5.74, 6) is -0.456. The number of nitrogens with zero attached hydrogens (tertiary/aromatic N) is 2. The first kappa shape index (κ1) is 16.6. The summed E-state index contributed by atoms with van der Waals surface area (Å²) < 4.78 is 19.2. The van der Waals surface area contributed by atoms with Crippen molar-refractivity contribution >= 4 is 28.5 Å². The highest BCUT2D eigenvalue weighted by molar-refractivity contribution is 14.1. The molecule has 6 heteroatoms. The average Bonchev–Trinajstić information content (AvgIpc) is 2.47. The van der Waals surface area contributed by atoms with E-state index >= 15 is 0 Å². The van der Waals surface area contributed by atoms with E-state index in [0.717, 1.165) is 16.7 Å². The Balaban J connectivity index is 2.03. The predicted molar refractivity (Wildman–Crippen MR) is 87.9 cm³/mol. The van der Waals surface area contributed by atoms with Gasteiger partial charge >= 0.3 is 0 Å². The van der Waals surface area contributed by atoms with E-state index in [4.69, 9.17) is 4.74 Å². The van der Waals surface area contributed by atoms with Crippen LogP contribution >= 0.6 is 22.6 Å². The number of hydrogen-bond donors (Lipinski definition) is 0. The van der Waals surface area contributed by atoms with Crippen molar-refractivity contribution in [2.75, 3.05) is 39.9 Å². The summed E-state index contributed by atoms with van der Waals surface area (Å²) in [5, 5.41) is 0. The summed E-state index contributed by atoms with van der Waals surface area (Å²) in [6.45, 7) is 5.82. The lowest BCUT2D eigenvalue weighted by Crippen LogP contribution is -2.54. The van der Waals surface area contributed by atoms with Crippen LogP contribution < -0.4 is 0 Å². The first-order chi connectivity index (χ1) is 10.0. The van der Waals surface area contributed by atoms with Gasteiger partial charge in [-0.25, -0.2) is 4.39 Å². The van der Waals surface area contributed by atoms with Crippen LogP contribution in [0.15, 0.2) is 18.2 Å². The van der Waals surface area contributed by atoms with Crippen LogP contribution in [0.25, 0.3) is 0 Å². The van der Waals surface area contributed by atoms with Crippen molar-refractivity contribution in [2.24, 2.45) is 0 Å². The van der Waals surface area contributed by atoms with Crippen LogP contribution in [0.4, 0.5) is 4.39 Å². The second kappa shape index (κ2) is 7.51. The smallest absolute Gasteiger partial charge is 0.255 e. The van der Waals surface area contributed by atoms with Crippen molar-refractivity contribution in [3.63, 3.8) is 0 Å². The Bertz CT molecular complexity index is 512. The van der Waals surface area contributed by atoms with Crippen LogP contribution in [-0.2, 0) is 4.74 Å². The maximum Gasteiger partial charge on any atom is 0.255 e. The first-order valence-corrected chi connectivity index (χ1v) is 8.08. The summed E-state index contributed by atoms with van der Waals surface area (Å²) in [7, 11) is 1.69. The van der Waals surface area contributed by atoms with Crippen molar-refractivity contribution < 1.29 is 13.9 Å². The second-order valence-corrected chi connectivity index (χ2v) is 6.42. The molecule has 0 spiro atoms. The van der Waals surface area contributed by atoms with Gasteiger partial charge in [-0.2, -0.15) is 0 Å². The largest absolute Gasteiger partial charge is 0.383 e. The van der Waals surface area contributed by atoms with Crippen LogP contribution in [0, 0.1) is 9.39 Å². The van der Waals surface area contributed by atoms with Crippen molar-refractivity contribution in [2.45, 2.75) is 13.0 Å². The maximum atomic E-state index is 13.4. The number of amides is 1. The molecule has 1 atom stereocenters. The molecular weight excluding hydrogens is 386 g/mol. The van der Waals surface area contributed by atoms with E-state index in [0.29, 0.717) is 25.3 Å². The number of carbonyl (C=O) groups excluding carboxylic acids is 1. The molecule has 1 unspecified atom stereocenters. The van der Waals surface area contributed by atoms with E-state index in [1.165, 1.54) is 12.1 Å². The van der Waals surface area contributed by atoms with Gasteiger partial charge in [0.05, 0.1) is 12.2 Å². The highest BCUT2D eigenvalue weighted by Gasteiger charge is 2.27. The van der Waals surface area contributed by atoms with Crippen LogP contribution in [0.5, 0.6) is 0 Å². The molecule has 1 saturated heterocycles. The highest BCUT2D eigenvalue weighted by Crippen LogP contribution is 2.18. The third kappa shape index (κ3) is 4.14. The standard InChI is InChI=1S/C15H20FIN2O2/c1-11-10-19(6-5-18(11)7-8-21-2)15(20)13-9-12(16)3-4-14(13)17/h3-4,9,11H,5-8,10H2,1-2H3. The number of methoxy groups -OCH3 is 1. The molecule has 1 aromatic carbocycles. The topological polar surface area (TPSA) is 32.8 Å². The van der Waals surface area contributed by atoms with Gasteiger partial charge < -0.3 is 9.64 Å². The minimum absolute atomic E-state index is 0.0860. The Kier molecular flexibility index (Phi) is 5.95. The van der Waals surface area contributed by atoms with E-state index < -0.39 is 0 Å². The van der Waals surface area contributed by atoms with Crippen LogP contribution in [-0.4, -0.2) is 61.6 Å². The van der Waals surface area contributed by atoms with Crippen LogP contribution in [0.3, 0.4) is 0 Å². The molecule has 0 aliphatic carbocycles. The Labute approximate surface area is 138 Å². The number of rotatable bonds is 4. The molecular formula is C15H20FIN2O2. The molecule has 116 valence electrons. The fourth-order valence-corrected chi connectivity index (χ4v) is 3.12. The van der Waals surface area contributed by atoms with E-state index in [9.17, 15) is 9.18 Å². The third-order valence-corrected chi connectivity index (χ3v) is 4.73. The molecule has 0 N–H and O–H groups in total. The van der Waals surface area contributed by atoms with Gasteiger partial charge in [-0.15, -0.1) is 0 Å². The molecule has 0 aromatic heterocycles. The molecule has 1 amide bonds. The van der Waals surface area contributed by atoms with Crippen molar-refractivity contribution in [1.82, 2.24) is 9.80 Å². The fraction of sp³-hybridized carbons (Fsp3) is 0.533. The van der Waals surface area contributed by atoms with Gasteiger partial charge in [0, 0.05) is 42.9 Å². The second-order valence-electron chi connectivity index (χ2n) is 5.25. The predicted octanol–water partition coefficient (Wildman–Crippen LogP) is 2.22. The number of hydrogen-bond acceptors (Lipinski definition) is 3. The van der Waals surface area contributed by atoms with Gasteiger partial charge in [-0.1, -0.05) is 0 Å². The molecule has 0 radical (unpaired) electrons. The minimum Gasteiger partial charge on any atom is -0.383 e. The van der Waals surface area contributed by atoms with E-state index in [1.54, 1.807) is 13.2 Å². The summed E-state index contributed by atoms with van der Waals surface area (Å²) in [4.78, 5) is 16.7. The lowest BCUT2D eigenvalue weighted by Gasteiger charge is -2.39. The molecule has 0 bridgehead atoms. The first-order valence-electron chi connectivity index (χ1n) is 7.00. The number of ether oxygens (including phenoxy) is 1. The van der Waals surface area contributed by atoms with Gasteiger partial charge in [-0.05, 0) is 47.7 Å². The average molecular weight is 406 g/mol. The molecule has 21 heavy (non-hydrogen) atoms. The van der Waals surface area contributed by atoms with E-state index in [1.807, 2.05) is 4.90 Å². The summed E-state index contributed by atoms with van der Waals surface area (Å²) in [6.07, 6.45) is 0. The SMILES string of the molecule is COCCN1CCN(C(=O)c2cc(F)ccc2I)CC1C. The molecule has 1 aromatic rings. The van der Waals surface area contributed by atoms with Crippen molar-refractivity contribution in [3.05, 3.63) is 33.1 Å². The van der Waals surface area contributed by atoms with E-state index in [-0.39, 0.29) is 17.8 Å². The lowest BCUT2D eigenvalue weighted by molar-refractivity contribution is 0.0433. The molecule has 4 nitrogen and oxygen atoms in total. The van der Waals surface area contributed by atoms with Gasteiger partial charge in [0.2, 0.25) is 0 Å². The Morgan fingerprint density at radius 2 is 2.24 bits per heavy atom. The summed E-state index contributed by atoms with van der Waals surface area (Å²) >= 11 is 2.07. The molecule has 0 saturated carbocycles. The molecule has 1 fully saturated rings. The van der Waals surface area contributed by atoms with Gasteiger partial charge in [0.15, 0.2) is 0 Å². The van der Waals surface area contributed by atoms with Gasteiger partial charge in [0.25, 0.3) is 5.91 Å². The quantitative estimate of drug-likeness (QED) is 0.720. The van der Waals surface area contributed by atoms with E-state index in [2.05, 4.69) is 34.4 Å². The number of benzene rings is 1. The minimum atomic E-state index is -0.370. The monoisotopic (exact) mass is 406 g/mol. The lowest BCUT2D eigenvalue weighted by atomic mass is 10.1.